The van der Waals surface area contributed by atoms with E-state index >= 15 is 0 Å². The lowest BCUT2D eigenvalue weighted by Crippen LogP contribution is -2.10. The van der Waals surface area contributed by atoms with Crippen molar-refractivity contribution in [1.82, 2.24) is 0 Å². The van der Waals surface area contributed by atoms with Crippen LogP contribution in [0.5, 0.6) is 11.5 Å². The number of nitrogens with two attached hydrogens (primary N) is 1. The molecule has 5 heteroatoms. The van der Waals surface area contributed by atoms with E-state index in [9.17, 15) is 0 Å². The number of ether oxygens (including phenoxy) is 2. The van der Waals surface area contributed by atoms with Crippen molar-refractivity contribution in [3.63, 3.8) is 0 Å². The van der Waals surface area contributed by atoms with Crippen molar-refractivity contribution in [2.24, 2.45) is 5.73 Å². The third-order valence-corrected chi connectivity index (χ3v) is 3.01. The van der Waals surface area contributed by atoms with E-state index in [4.69, 9.17) is 15.2 Å². The van der Waals surface area contributed by atoms with Gasteiger partial charge in [-0.1, -0.05) is 22.0 Å². The van der Waals surface area contributed by atoms with Crippen molar-refractivity contribution in [3.8, 4) is 11.5 Å². The van der Waals surface area contributed by atoms with Gasteiger partial charge in [0.25, 0.3) is 0 Å². The second-order valence-electron chi connectivity index (χ2n) is 3.36. The SMILES string of the molecule is C=CC[C@H](N)c1cc(OC)c(OC)cc1Br.Cl. The van der Waals surface area contributed by atoms with Gasteiger partial charge in [0.1, 0.15) is 0 Å². The molecule has 0 aliphatic carbocycles. The van der Waals surface area contributed by atoms with Gasteiger partial charge in [0.2, 0.25) is 0 Å². The zero-order valence-corrected chi connectivity index (χ0v) is 12.3. The van der Waals surface area contributed by atoms with Gasteiger partial charge in [-0.05, 0) is 24.1 Å². The first kappa shape index (κ1) is 16.3. The largest absolute Gasteiger partial charge is 0.493 e. The highest BCUT2D eigenvalue weighted by Gasteiger charge is 2.13. The molecular weight excluding hydrogens is 305 g/mol. The highest BCUT2D eigenvalue weighted by atomic mass is 79.9. The Bertz CT molecular complexity index is 385. The standard InChI is InChI=1S/C12H16BrNO2.ClH/c1-4-5-10(14)8-6-11(15-2)12(16-3)7-9(8)13;/h4,6-7,10H,1,5,14H2,2-3H3;1H/t10-;/m0./s1. The Morgan fingerprint density at radius 3 is 2.35 bits per heavy atom. The van der Waals surface area contributed by atoms with Gasteiger partial charge in [0.05, 0.1) is 14.2 Å². The molecule has 3 nitrogen and oxygen atoms in total. The van der Waals surface area contributed by atoms with Gasteiger partial charge in [-0.25, -0.2) is 0 Å². The highest BCUT2D eigenvalue weighted by molar-refractivity contribution is 9.10. The number of rotatable bonds is 5. The number of hydrogen-bond donors (Lipinski definition) is 1. The molecule has 0 heterocycles. The monoisotopic (exact) mass is 321 g/mol. The van der Waals surface area contributed by atoms with Gasteiger partial charge in [0.15, 0.2) is 11.5 Å². The molecule has 96 valence electrons. The summed E-state index contributed by atoms with van der Waals surface area (Å²) >= 11 is 3.47. The van der Waals surface area contributed by atoms with Crippen LogP contribution in [0.2, 0.25) is 0 Å². The van der Waals surface area contributed by atoms with Crippen LogP contribution in [0.3, 0.4) is 0 Å². The zero-order valence-electron chi connectivity index (χ0n) is 9.90. The summed E-state index contributed by atoms with van der Waals surface area (Å²) in [6, 6.07) is 3.65. The molecule has 0 unspecified atom stereocenters. The summed E-state index contributed by atoms with van der Waals surface area (Å²) < 4.78 is 11.3. The van der Waals surface area contributed by atoms with Crippen molar-refractivity contribution in [2.75, 3.05) is 14.2 Å². The fourth-order valence-corrected chi connectivity index (χ4v) is 2.08. The minimum atomic E-state index is -0.0910. The van der Waals surface area contributed by atoms with Crippen LogP contribution in [0.25, 0.3) is 0 Å². The van der Waals surface area contributed by atoms with Gasteiger partial charge in [-0.15, -0.1) is 19.0 Å². The lowest BCUT2D eigenvalue weighted by Gasteiger charge is -2.15. The van der Waals surface area contributed by atoms with Gasteiger partial charge < -0.3 is 15.2 Å². The fourth-order valence-electron chi connectivity index (χ4n) is 1.46. The third kappa shape index (κ3) is 3.91. The van der Waals surface area contributed by atoms with Crippen LogP contribution < -0.4 is 15.2 Å². The molecule has 1 rings (SSSR count). The van der Waals surface area contributed by atoms with Gasteiger partial charge in [-0.3, -0.25) is 0 Å². The molecule has 0 saturated heterocycles. The summed E-state index contributed by atoms with van der Waals surface area (Å²) in [6.45, 7) is 3.68. The van der Waals surface area contributed by atoms with Crippen molar-refractivity contribution in [2.45, 2.75) is 12.5 Å². The first-order valence-electron chi connectivity index (χ1n) is 4.92. The molecule has 1 aromatic carbocycles. The summed E-state index contributed by atoms with van der Waals surface area (Å²) in [7, 11) is 3.21. The number of methoxy groups -OCH3 is 2. The Kier molecular flexibility index (Phi) is 7.27. The van der Waals surface area contributed by atoms with E-state index in [-0.39, 0.29) is 18.4 Å². The summed E-state index contributed by atoms with van der Waals surface area (Å²) in [5.74, 6) is 1.36. The molecule has 17 heavy (non-hydrogen) atoms. The molecular formula is C12H17BrClNO2. The predicted octanol–water partition coefficient (Wildman–Crippen LogP) is 3.46. The van der Waals surface area contributed by atoms with Gasteiger partial charge in [0, 0.05) is 10.5 Å². The molecule has 0 spiro atoms. The molecule has 0 aliphatic heterocycles. The second-order valence-corrected chi connectivity index (χ2v) is 4.21. The molecule has 2 N–H and O–H groups in total. The highest BCUT2D eigenvalue weighted by Crippen LogP contribution is 2.36. The molecule has 0 aliphatic rings. The Balaban J connectivity index is 0.00000256. The Morgan fingerprint density at radius 2 is 1.88 bits per heavy atom. The lowest BCUT2D eigenvalue weighted by atomic mass is 10.0. The quantitative estimate of drug-likeness (QED) is 0.844. The molecule has 0 amide bonds. The molecule has 0 fully saturated rings. The topological polar surface area (TPSA) is 44.5 Å². The maximum absolute atomic E-state index is 6.02. The van der Waals surface area contributed by atoms with Crippen LogP contribution in [0.15, 0.2) is 29.3 Å². The predicted molar refractivity (Wildman–Crippen MR) is 76.2 cm³/mol. The zero-order chi connectivity index (χ0) is 12.1. The van der Waals surface area contributed by atoms with E-state index in [0.29, 0.717) is 17.9 Å². The van der Waals surface area contributed by atoms with Crippen LogP contribution in [0.4, 0.5) is 0 Å². The molecule has 0 saturated carbocycles. The van der Waals surface area contributed by atoms with Crippen molar-refractivity contribution in [3.05, 3.63) is 34.8 Å². The summed E-state index contributed by atoms with van der Waals surface area (Å²) in [5.41, 5.74) is 7.01. The van der Waals surface area contributed by atoms with Crippen molar-refractivity contribution >= 4 is 28.3 Å². The van der Waals surface area contributed by atoms with E-state index in [0.717, 1.165) is 10.0 Å². The lowest BCUT2D eigenvalue weighted by molar-refractivity contribution is 0.354. The van der Waals surface area contributed by atoms with Crippen LogP contribution in [0, 0.1) is 0 Å². The van der Waals surface area contributed by atoms with E-state index in [1.54, 1.807) is 20.3 Å². The fraction of sp³-hybridized carbons (Fsp3) is 0.333. The first-order valence-corrected chi connectivity index (χ1v) is 5.71. The van der Waals surface area contributed by atoms with E-state index < -0.39 is 0 Å². The van der Waals surface area contributed by atoms with Crippen LogP contribution in [-0.2, 0) is 0 Å². The number of hydrogen-bond acceptors (Lipinski definition) is 3. The Morgan fingerprint density at radius 1 is 1.35 bits per heavy atom. The van der Waals surface area contributed by atoms with Gasteiger partial charge >= 0.3 is 0 Å². The van der Waals surface area contributed by atoms with Crippen LogP contribution in [0.1, 0.15) is 18.0 Å². The molecule has 0 radical (unpaired) electrons. The molecule has 0 aromatic heterocycles. The average molecular weight is 323 g/mol. The van der Waals surface area contributed by atoms with Gasteiger partial charge in [-0.2, -0.15) is 0 Å². The molecule has 1 atom stereocenters. The number of halogens is 2. The average Bonchev–Trinajstić information content (AvgIpc) is 2.28. The maximum Gasteiger partial charge on any atom is 0.161 e. The Labute approximate surface area is 117 Å². The van der Waals surface area contributed by atoms with Crippen LogP contribution in [-0.4, -0.2) is 14.2 Å². The van der Waals surface area contributed by atoms with Crippen molar-refractivity contribution in [1.29, 1.82) is 0 Å². The summed E-state index contributed by atoms with van der Waals surface area (Å²) in [6.07, 6.45) is 2.52. The maximum atomic E-state index is 6.02. The Hall–Kier alpha value is -0.710. The smallest absolute Gasteiger partial charge is 0.161 e. The molecule has 0 bridgehead atoms. The normalized spacial score (nSPS) is 11.3. The minimum absolute atomic E-state index is 0. The third-order valence-electron chi connectivity index (χ3n) is 2.32. The first-order chi connectivity index (χ1) is 7.63. The van der Waals surface area contributed by atoms with E-state index in [1.807, 2.05) is 12.1 Å². The van der Waals surface area contributed by atoms with E-state index in [2.05, 4.69) is 22.5 Å². The second kappa shape index (κ2) is 7.58. The summed E-state index contributed by atoms with van der Waals surface area (Å²) in [4.78, 5) is 0. The molecule has 1 aromatic rings. The number of benzene rings is 1. The van der Waals surface area contributed by atoms with E-state index in [1.165, 1.54) is 0 Å². The van der Waals surface area contributed by atoms with Crippen LogP contribution >= 0.6 is 28.3 Å². The minimum Gasteiger partial charge on any atom is -0.493 e. The summed E-state index contributed by atoms with van der Waals surface area (Å²) in [5, 5.41) is 0. The van der Waals surface area contributed by atoms with Crippen molar-refractivity contribution < 1.29 is 9.47 Å².